The highest BCUT2D eigenvalue weighted by atomic mass is 35.5. The Bertz CT molecular complexity index is 1480. The molecule has 4 heterocycles. The van der Waals surface area contributed by atoms with Gasteiger partial charge in [0.2, 0.25) is 0 Å². The number of nitrogens with one attached hydrogen (secondary N) is 1. The summed E-state index contributed by atoms with van der Waals surface area (Å²) in [7, 11) is 0. The zero-order valence-corrected chi connectivity index (χ0v) is 21.2. The predicted octanol–water partition coefficient (Wildman–Crippen LogP) is 5.24. The average molecular weight is 561 g/mol. The van der Waals surface area contributed by atoms with E-state index in [1.807, 2.05) is 24.3 Å². The average Bonchev–Trinajstić information content (AvgIpc) is 3.32. The molecule has 1 aromatic heterocycles. The van der Waals surface area contributed by atoms with Crippen molar-refractivity contribution in [2.24, 2.45) is 0 Å². The van der Waals surface area contributed by atoms with Gasteiger partial charge in [0.15, 0.2) is 6.10 Å². The second kappa shape index (κ2) is 9.48. The van der Waals surface area contributed by atoms with Crippen LogP contribution < -0.4 is 15.1 Å². The first-order chi connectivity index (χ1) is 18.2. The Hall–Kier alpha value is -3.28. The van der Waals surface area contributed by atoms with Crippen LogP contribution in [0.5, 0.6) is 0 Å². The van der Waals surface area contributed by atoms with Crippen LogP contribution in [0.25, 0.3) is 15.7 Å². The highest BCUT2D eigenvalue weighted by Crippen LogP contribution is 2.45. The van der Waals surface area contributed by atoms with Gasteiger partial charge in [0.05, 0.1) is 31.1 Å². The zero-order valence-electron chi connectivity index (χ0n) is 19.6. The Morgan fingerprint density at radius 2 is 1.95 bits per heavy atom. The zero-order chi connectivity index (χ0) is 26.6. The summed E-state index contributed by atoms with van der Waals surface area (Å²) in [5.74, 6) is -0.412. The number of alkyl halides is 3. The molecule has 2 aromatic carbocycles. The van der Waals surface area contributed by atoms with Gasteiger partial charge in [-0.05, 0) is 24.3 Å². The minimum atomic E-state index is -4.48. The molecular weight excluding hydrogens is 541 g/mol. The molecule has 3 atom stereocenters. The lowest BCUT2D eigenvalue weighted by molar-refractivity contribution is -0.221. The summed E-state index contributed by atoms with van der Waals surface area (Å²) >= 11 is 7.68. The van der Waals surface area contributed by atoms with E-state index in [4.69, 9.17) is 16.3 Å². The molecule has 3 aliphatic heterocycles. The van der Waals surface area contributed by atoms with Crippen LogP contribution in [-0.4, -0.2) is 60.2 Å². The fourth-order valence-corrected chi connectivity index (χ4v) is 6.49. The van der Waals surface area contributed by atoms with Gasteiger partial charge in [0.25, 0.3) is 5.91 Å². The van der Waals surface area contributed by atoms with Crippen LogP contribution in [0.4, 0.5) is 29.3 Å². The molecule has 38 heavy (non-hydrogen) atoms. The number of fused-ring (bicyclic) bond motifs is 2. The molecule has 0 saturated carbocycles. The highest BCUT2D eigenvalue weighted by molar-refractivity contribution is 8.09. The fraction of sp³-hybridized carbons (Fsp3) is 0.269. The first kappa shape index (κ1) is 25.0. The molecule has 2 unspecified atom stereocenters. The number of imide groups is 1. The number of pyridine rings is 1. The van der Waals surface area contributed by atoms with E-state index in [0.717, 1.165) is 15.4 Å². The number of halogens is 4. The van der Waals surface area contributed by atoms with Crippen molar-refractivity contribution in [3.63, 3.8) is 0 Å². The number of thioether (sulfide) groups is 1. The highest BCUT2D eigenvalue weighted by Gasteiger charge is 2.46. The molecule has 0 bridgehead atoms. The van der Waals surface area contributed by atoms with Crippen molar-refractivity contribution >= 4 is 62.4 Å². The van der Waals surface area contributed by atoms with E-state index in [9.17, 15) is 22.8 Å². The van der Waals surface area contributed by atoms with Gasteiger partial charge < -0.3 is 15.0 Å². The van der Waals surface area contributed by atoms with E-state index in [0.29, 0.717) is 21.5 Å². The molecule has 1 N–H and O–H groups in total. The maximum atomic E-state index is 13.7. The quantitative estimate of drug-likeness (QED) is 0.472. The molecule has 7 nitrogen and oxygen atoms in total. The lowest BCUT2D eigenvalue weighted by Crippen LogP contribution is -2.60. The van der Waals surface area contributed by atoms with Crippen molar-refractivity contribution in [3.05, 3.63) is 71.5 Å². The Morgan fingerprint density at radius 1 is 1.13 bits per heavy atom. The van der Waals surface area contributed by atoms with Crippen molar-refractivity contribution in [2.45, 2.75) is 23.6 Å². The van der Waals surface area contributed by atoms with Gasteiger partial charge in [-0.1, -0.05) is 35.9 Å². The fourth-order valence-electron chi connectivity index (χ4n) is 4.89. The van der Waals surface area contributed by atoms with Crippen LogP contribution >= 0.6 is 23.4 Å². The summed E-state index contributed by atoms with van der Waals surface area (Å²) in [4.78, 5) is 34.5. The maximum Gasteiger partial charge on any atom is 0.416 e. The maximum absolute atomic E-state index is 13.7. The second-order valence-corrected chi connectivity index (χ2v) is 10.7. The number of ether oxygens (including phenoxy) is 1. The van der Waals surface area contributed by atoms with Crippen LogP contribution in [0, 0.1) is 0 Å². The van der Waals surface area contributed by atoms with E-state index < -0.39 is 35.5 Å². The van der Waals surface area contributed by atoms with Gasteiger partial charge in [-0.25, -0.2) is 9.69 Å². The van der Waals surface area contributed by atoms with Crippen LogP contribution in [-0.2, 0) is 9.53 Å². The molecule has 6 rings (SSSR count). The molecule has 12 heteroatoms. The molecule has 0 spiro atoms. The molecule has 2 fully saturated rings. The van der Waals surface area contributed by atoms with Crippen LogP contribution in [0.1, 0.15) is 5.56 Å². The number of hydrogen-bond donors (Lipinski definition) is 1. The number of nitrogens with zero attached hydrogens (tertiary/aromatic N) is 3. The molecule has 0 radical (unpaired) electrons. The SMILES string of the molecule is O=C1NC2C=C(c3ccccc3Cl)SC2C(=O)N1c1cncc2ccc(N3CCO[C@H](C(F)(F)F)C3)cc12. The van der Waals surface area contributed by atoms with Crippen LogP contribution in [0.3, 0.4) is 0 Å². The van der Waals surface area contributed by atoms with E-state index in [1.165, 1.54) is 18.0 Å². The standard InChI is InChI=1S/C26H20ClF3N4O3S/c27-18-4-2-1-3-16(18)21-10-19-23(38-21)24(35)34(25(36)32-19)20-12-31-11-14-5-6-15(9-17(14)20)33-7-8-37-22(13-33)26(28,29)30/h1-6,9-12,19,22-23H,7-8,13H2,(H,32,36)/t19?,22-,23?/m0/s1. The second-order valence-electron chi connectivity index (χ2n) is 9.11. The van der Waals surface area contributed by atoms with Crippen molar-refractivity contribution in [2.75, 3.05) is 29.5 Å². The number of urea groups is 1. The van der Waals surface area contributed by atoms with E-state index >= 15 is 0 Å². The Balaban J connectivity index is 1.32. The van der Waals surface area contributed by atoms with Crippen LogP contribution in [0.15, 0.2) is 60.9 Å². The molecule has 3 aromatic rings. The Labute approximate surface area is 224 Å². The van der Waals surface area contributed by atoms with Gasteiger partial charge in [-0.3, -0.25) is 9.78 Å². The summed E-state index contributed by atoms with van der Waals surface area (Å²) in [5.41, 5.74) is 1.57. The third-order valence-corrected chi connectivity index (χ3v) is 8.46. The summed E-state index contributed by atoms with van der Waals surface area (Å²) in [6.07, 6.45) is -1.54. The van der Waals surface area contributed by atoms with Crippen molar-refractivity contribution < 1.29 is 27.5 Å². The molecular formula is C26H20ClF3N4O3S. The molecule has 3 amide bonds. The van der Waals surface area contributed by atoms with Crippen molar-refractivity contribution in [3.8, 4) is 0 Å². The first-order valence-electron chi connectivity index (χ1n) is 11.8. The van der Waals surface area contributed by atoms with Gasteiger partial charge in [-0.2, -0.15) is 13.2 Å². The number of carbonyl (C=O) groups is 2. The van der Waals surface area contributed by atoms with E-state index in [-0.39, 0.29) is 25.4 Å². The summed E-state index contributed by atoms with van der Waals surface area (Å²) in [6.45, 7) is -0.145. The monoisotopic (exact) mass is 560 g/mol. The van der Waals surface area contributed by atoms with Crippen molar-refractivity contribution in [1.82, 2.24) is 10.3 Å². The summed E-state index contributed by atoms with van der Waals surface area (Å²) in [6, 6.07) is 11.3. The number of aromatic nitrogens is 1. The van der Waals surface area contributed by atoms with E-state index in [1.54, 1.807) is 35.4 Å². The Kier molecular flexibility index (Phi) is 6.24. The van der Waals surface area contributed by atoms with Crippen molar-refractivity contribution in [1.29, 1.82) is 0 Å². The van der Waals surface area contributed by atoms with Gasteiger partial charge in [0, 0.05) is 44.7 Å². The molecule has 0 aliphatic carbocycles. The third kappa shape index (κ3) is 4.38. The van der Waals surface area contributed by atoms with Gasteiger partial charge in [-0.15, -0.1) is 11.8 Å². The number of benzene rings is 2. The number of rotatable bonds is 3. The molecule has 196 valence electrons. The summed E-state index contributed by atoms with van der Waals surface area (Å²) < 4.78 is 44.8. The topological polar surface area (TPSA) is 74.8 Å². The summed E-state index contributed by atoms with van der Waals surface area (Å²) in [5, 5.41) is 3.99. The number of anilines is 2. The lowest BCUT2D eigenvalue weighted by atomic mass is 10.1. The largest absolute Gasteiger partial charge is 0.416 e. The number of morpholine rings is 1. The predicted molar refractivity (Wildman–Crippen MR) is 140 cm³/mol. The minimum Gasteiger partial charge on any atom is -0.366 e. The number of carbonyl (C=O) groups excluding carboxylic acids is 2. The van der Waals surface area contributed by atoms with Gasteiger partial charge >= 0.3 is 12.2 Å². The third-order valence-electron chi connectivity index (χ3n) is 6.77. The number of hydrogen-bond acceptors (Lipinski definition) is 6. The first-order valence-corrected chi connectivity index (χ1v) is 13.1. The Morgan fingerprint density at radius 3 is 2.74 bits per heavy atom. The smallest absolute Gasteiger partial charge is 0.366 e. The molecule has 3 aliphatic rings. The normalized spacial score (nSPS) is 23.9. The lowest BCUT2D eigenvalue weighted by Gasteiger charge is -2.36. The molecule has 2 saturated heterocycles. The minimum absolute atomic E-state index is 0.0700. The van der Waals surface area contributed by atoms with E-state index in [2.05, 4.69) is 10.3 Å². The van der Waals surface area contributed by atoms with Gasteiger partial charge in [0.1, 0.15) is 5.25 Å². The number of amides is 3. The van der Waals surface area contributed by atoms with Crippen LogP contribution in [0.2, 0.25) is 5.02 Å².